The fourth-order valence-corrected chi connectivity index (χ4v) is 2.41. The molecule has 1 N–H and O–H groups in total. The maximum atomic E-state index is 12.0. The molecule has 1 atom stereocenters. The van der Waals surface area contributed by atoms with Crippen molar-refractivity contribution in [1.29, 1.82) is 0 Å². The molecule has 1 heterocycles. The molecular weight excluding hydrogens is 258 g/mol. The smallest absolute Gasteiger partial charge is 0.303 e. The van der Waals surface area contributed by atoms with Crippen LogP contribution in [0.3, 0.4) is 0 Å². The molecule has 1 aromatic rings. The minimum atomic E-state index is -0.805. The molecule has 0 aromatic heterocycles. The van der Waals surface area contributed by atoms with Gasteiger partial charge in [0.25, 0.3) is 5.91 Å². The van der Waals surface area contributed by atoms with Crippen LogP contribution in [0.4, 0.5) is 0 Å². The number of hydrogen-bond acceptors (Lipinski definition) is 3. The predicted octanol–water partition coefficient (Wildman–Crippen LogP) is 1.70. The molecule has 0 spiro atoms. The van der Waals surface area contributed by atoms with Crippen LogP contribution in [-0.2, 0) is 9.59 Å². The number of carbonyl (C=O) groups is 2. The lowest BCUT2D eigenvalue weighted by atomic mass is 10.1. The average molecular weight is 277 g/mol. The number of rotatable bonds is 5. The van der Waals surface area contributed by atoms with Gasteiger partial charge in [0.1, 0.15) is 5.75 Å². The summed E-state index contributed by atoms with van der Waals surface area (Å²) in [6.07, 6.45) is 0.880. The van der Waals surface area contributed by atoms with Crippen LogP contribution in [0.5, 0.6) is 5.75 Å². The molecule has 1 aliphatic rings. The van der Waals surface area contributed by atoms with E-state index in [2.05, 4.69) is 0 Å². The normalized spacial score (nSPS) is 18.1. The highest BCUT2D eigenvalue weighted by Gasteiger charge is 2.27. The summed E-state index contributed by atoms with van der Waals surface area (Å²) >= 11 is 0. The summed E-state index contributed by atoms with van der Waals surface area (Å²) < 4.78 is 5.47. The number of nitrogens with zero attached hydrogens (tertiary/aromatic N) is 1. The van der Waals surface area contributed by atoms with Gasteiger partial charge in [-0.25, -0.2) is 0 Å². The lowest BCUT2D eigenvalue weighted by Gasteiger charge is -2.16. The first kappa shape index (κ1) is 14.4. The number of aryl methyl sites for hydroxylation is 1. The first-order valence-corrected chi connectivity index (χ1v) is 6.73. The van der Waals surface area contributed by atoms with Crippen LogP contribution in [-0.4, -0.2) is 41.6 Å². The van der Waals surface area contributed by atoms with Crippen LogP contribution in [0.1, 0.15) is 18.4 Å². The van der Waals surface area contributed by atoms with Crippen molar-refractivity contribution in [2.75, 3.05) is 19.7 Å². The molecule has 1 amide bonds. The number of aliphatic carboxylic acids is 1. The Morgan fingerprint density at radius 2 is 2.25 bits per heavy atom. The van der Waals surface area contributed by atoms with Crippen LogP contribution in [0.2, 0.25) is 0 Å². The molecule has 1 aliphatic heterocycles. The lowest BCUT2D eigenvalue weighted by Crippen LogP contribution is -2.33. The summed E-state index contributed by atoms with van der Waals surface area (Å²) in [7, 11) is 0. The quantitative estimate of drug-likeness (QED) is 0.889. The van der Waals surface area contributed by atoms with Gasteiger partial charge in [0.05, 0.1) is 0 Å². The van der Waals surface area contributed by atoms with Crippen LogP contribution in [0, 0.1) is 12.8 Å². The molecule has 0 aliphatic carbocycles. The summed E-state index contributed by atoms with van der Waals surface area (Å²) in [5.41, 5.74) is 1.08. The van der Waals surface area contributed by atoms with E-state index in [1.807, 2.05) is 31.2 Å². The summed E-state index contributed by atoms with van der Waals surface area (Å²) in [6, 6.07) is 7.54. The van der Waals surface area contributed by atoms with Gasteiger partial charge in [-0.3, -0.25) is 9.59 Å². The zero-order chi connectivity index (χ0) is 14.5. The van der Waals surface area contributed by atoms with Gasteiger partial charge in [0.15, 0.2) is 6.61 Å². The molecule has 1 unspecified atom stereocenters. The number of carboxylic acids is 1. The average Bonchev–Trinajstić information content (AvgIpc) is 2.84. The van der Waals surface area contributed by atoms with Crippen LogP contribution >= 0.6 is 0 Å². The van der Waals surface area contributed by atoms with Crippen molar-refractivity contribution in [2.45, 2.75) is 19.8 Å². The second kappa shape index (κ2) is 6.41. The Morgan fingerprint density at radius 3 is 2.95 bits per heavy atom. The third-order valence-corrected chi connectivity index (χ3v) is 3.45. The Kier molecular flexibility index (Phi) is 4.61. The minimum absolute atomic E-state index is 0.00322. The molecule has 1 aromatic carbocycles. The van der Waals surface area contributed by atoms with Crippen molar-refractivity contribution in [1.82, 2.24) is 4.90 Å². The van der Waals surface area contributed by atoms with E-state index in [0.29, 0.717) is 18.8 Å². The van der Waals surface area contributed by atoms with Crippen molar-refractivity contribution in [3.63, 3.8) is 0 Å². The molecule has 20 heavy (non-hydrogen) atoms. The number of amides is 1. The van der Waals surface area contributed by atoms with E-state index in [9.17, 15) is 9.59 Å². The highest BCUT2D eigenvalue weighted by molar-refractivity contribution is 5.78. The second-order valence-corrected chi connectivity index (χ2v) is 5.20. The number of benzene rings is 1. The molecule has 0 saturated carbocycles. The number of hydrogen-bond donors (Lipinski definition) is 1. The van der Waals surface area contributed by atoms with Crippen molar-refractivity contribution < 1.29 is 19.4 Å². The number of ether oxygens (including phenoxy) is 1. The highest BCUT2D eigenvalue weighted by atomic mass is 16.5. The molecule has 5 nitrogen and oxygen atoms in total. The topological polar surface area (TPSA) is 66.8 Å². The zero-order valence-corrected chi connectivity index (χ0v) is 11.5. The van der Waals surface area contributed by atoms with Gasteiger partial charge in [0, 0.05) is 19.5 Å². The molecule has 0 radical (unpaired) electrons. The van der Waals surface area contributed by atoms with Crippen LogP contribution in [0.25, 0.3) is 0 Å². The number of likely N-dealkylation sites (tertiary alicyclic amines) is 1. The summed E-state index contributed by atoms with van der Waals surface area (Å²) in [5, 5.41) is 8.75. The van der Waals surface area contributed by atoms with E-state index >= 15 is 0 Å². The SMILES string of the molecule is Cc1cccc(OCC(=O)N2CCC(CC(=O)O)C2)c1. The Morgan fingerprint density at radius 1 is 1.45 bits per heavy atom. The van der Waals surface area contributed by atoms with E-state index < -0.39 is 5.97 Å². The van der Waals surface area contributed by atoms with E-state index in [1.165, 1.54) is 0 Å². The fourth-order valence-electron chi connectivity index (χ4n) is 2.41. The van der Waals surface area contributed by atoms with Gasteiger partial charge in [-0.05, 0) is 37.0 Å². The van der Waals surface area contributed by atoms with Gasteiger partial charge >= 0.3 is 5.97 Å². The molecule has 108 valence electrons. The minimum Gasteiger partial charge on any atom is -0.484 e. The van der Waals surface area contributed by atoms with Crippen LogP contribution in [0.15, 0.2) is 24.3 Å². The van der Waals surface area contributed by atoms with E-state index in [0.717, 1.165) is 12.0 Å². The fraction of sp³-hybridized carbons (Fsp3) is 0.467. The van der Waals surface area contributed by atoms with E-state index in [1.54, 1.807) is 4.90 Å². The van der Waals surface area contributed by atoms with Gasteiger partial charge < -0.3 is 14.7 Å². The first-order chi connectivity index (χ1) is 9.54. The van der Waals surface area contributed by atoms with Crippen LogP contribution < -0.4 is 4.74 Å². The maximum Gasteiger partial charge on any atom is 0.303 e. The van der Waals surface area contributed by atoms with Crippen molar-refractivity contribution in [3.05, 3.63) is 29.8 Å². The highest BCUT2D eigenvalue weighted by Crippen LogP contribution is 2.20. The standard InChI is InChI=1S/C15H19NO4/c1-11-3-2-4-13(7-11)20-10-14(17)16-6-5-12(9-16)8-15(18)19/h2-4,7,12H,5-6,8-10H2,1H3,(H,18,19). The molecule has 5 heteroatoms. The largest absolute Gasteiger partial charge is 0.484 e. The monoisotopic (exact) mass is 277 g/mol. The number of carbonyl (C=O) groups excluding carboxylic acids is 1. The van der Waals surface area contributed by atoms with Gasteiger partial charge in [-0.2, -0.15) is 0 Å². The maximum absolute atomic E-state index is 12.0. The summed E-state index contributed by atoms with van der Waals surface area (Å²) in [6.45, 7) is 3.10. The Balaban J connectivity index is 1.80. The lowest BCUT2D eigenvalue weighted by molar-refractivity contribution is -0.138. The van der Waals surface area contributed by atoms with E-state index in [4.69, 9.17) is 9.84 Å². The molecule has 1 fully saturated rings. The molecule has 0 bridgehead atoms. The Hall–Kier alpha value is -2.04. The van der Waals surface area contributed by atoms with Crippen molar-refractivity contribution >= 4 is 11.9 Å². The third-order valence-electron chi connectivity index (χ3n) is 3.45. The van der Waals surface area contributed by atoms with Gasteiger partial charge in [-0.1, -0.05) is 12.1 Å². The predicted molar refractivity (Wildman–Crippen MR) is 73.6 cm³/mol. The molecule has 2 rings (SSSR count). The summed E-state index contributed by atoms with van der Waals surface area (Å²) in [5.74, 6) is -0.144. The summed E-state index contributed by atoms with van der Waals surface area (Å²) in [4.78, 5) is 24.3. The molecular formula is C15H19NO4. The third kappa shape index (κ3) is 3.98. The van der Waals surface area contributed by atoms with Gasteiger partial charge in [-0.15, -0.1) is 0 Å². The second-order valence-electron chi connectivity index (χ2n) is 5.20. The van der Waals surface area contributed by atoms with Crippen molar-refractivity contribution in [3.8, 4) is 5.75 Å². The van der Waals surface area contributed by atoms with E-state index in [-0.39, 0.29) is 24.9 Å². The zero-order valence-electron chi connectivity index (χ0n) is 11.5. The van der Waals surface area contributed by atoms with Crippen molar-refractivity contribution in [2.24, 2.45) is 5.92 Å². The first-order valence-electron chi connectivity index (χ1n) is 6.73. The molecule has 1 saturated heterocycles. The Bertz CT molecular complexity index is 500. The Labute approximate surface area is 118 Å². The van der Waals surface area contributed by atoms with Gasteiger partial charge in [0.2, 0.25) is 0 Å². The number of carboxylic acid groups (broad SMARTS) is 1.